The molecule has 0 aromatic heterocycles. The number of hydrogen-bond acceptors (Lipinski definition) is 1. The molecular formula is C13H19ClFN. The van der Waals surface area contributed by atoms with Crippen molar-refractivity contribution in [3.05, 3.63) is 34.6 Å². The Labute approximate surface area is 102 Å². The van der Waals surface area contributed by atoms with Crippen LogP contribution in [0.3, 0.4) is 0 Å². The Morgan fingerprint density at radius 2 is 2.19 bits per heavy atom. The molecule has 0 aliphatic carbocycles. The van der Waals surface area contributed by atoms with E-state index in [1.165, 1.54) is 6.07 Å². The summed E-state index contributed by atoms with van der Waals surface area (Å²) in [6.07, 6.45) is 2.70. The third kappa shape index (κ3) is 4.11. The minimum atomic E-state index is -0.199. The SMILES string of the molecule is CCCNC(C)CCc1c(F)cccc1Cl. The van der Waals surface area contributed by atoms with Gasteiger partial charge in [-0.1, -0.05) is 24.6 Å². The van der Waals surface area contributed by atoms with E-state index < -0.39 is 0 Å². The monoisotopic (exact) mass is 243 g/mol. The Kier molecular flexibility index (Phi) is 5.78. The van der Waals surface area contributed by atoms with Crippen LogP contribution in [0.1, 0.15) is 32.3 Å². The topological polar surface area (TPSA) is 12.0 Å². The predicted octanol–water partition coefficient (Wildman–Crippen LogP) is 3.80. The third-order valence-electron chi connectivity index (χ3n) is 2.63. The van der Waals surface area contributed by atoms with E-state index in [4.69, 9.17) is 11.6 Å². The summed E-state index contributed by atoms with van der Waals surface area (Å²) in [5.41, 5.74) is 0.634. The lowest BCUT2D eigenvalue weighted by atomic mass is 10.1. The van der Waals surface area contributed by atoms with Crippen LogP contribution in [0, 0.1) is 5.82 Å². The zero-order valence-corrected chi connectivity index (χ0v) is 10.6. The first kappa shape index (κ1) is 13.5. The second kappa shape index (κ2) is 6.87. The van der Waals surface area contributed by atoms with Crippen LogP contribution in [0.25, 0.3) is 0 Å². The summed E-state index contributed by atoms with van der Waals surface area (Å²) in [6, 6.07) is 5.24. The third-order valence-corrected chi connectivity index (χ3v) is 2.99. The molecule has 3 heteroatoms. The maximum absolute atomic E-state index is 13.4. The molecule has 1 atom stereocenters. The van der Waals surface area contributed by atoms with Crippen molar-refractivity contribution >= 4 is 11.6 Å². The van der Waals surface area contributed by atoms with Crippen molar-refractivity contribution in [2.45, 2.75) is 39.2 Å². The maximum Gasteiger partial charge on any atom is 0.127 e. The Morgan fingerprint density at radius 1 is 1.44 bits per heavy atom. The normalized spacial score (nSPS) is 12.8. The predicted molar refractivity (Wildman–Crippen MR) is 67.5 cm³/mol. The van der Waals surface area contributed by atoms with Crippen molar-refractivity contribution < 1.29 is 4.39 Å². The van der Waals surface area contributed by atoms with E-state index >= 15 is 0 Å². The van der Waals surface area contributed by atoms with Gasteiger partial charge in [-0.15, -0.1) is 0 Å². The average Bonchev–Trinajstić information content (AvgIpc) is 2.25. The van der Waals surface area contributed by atoms with Crippen molar-refractivity contribution in [2.24, 2.45) is 0 Å². The molecule has 0 saturated heterocycles. The Bertz CT molecular complexity index is 307. The molecular weight excluding hydrogens is 225 g/mol. The minimum Gasteiger partial charge on any atom is -0.314 e. The highest BCUT2D eigenvalue weighted by Crippen LogP contribution is 2.20. The quantitative estimate of drug-likeness (QED) is 0.802. The fourth-order valence-corrected chi connectivity index (χ4v) is 1.88. The van der Waals surface area contributed by atoms with Gasteiger partial charge >= 0.3 is 0 Å². The van der Waals surface area contributed by atoms with Crippen molar-refractivity contribution in [2.75, 3.05) is 6.54 Å². The first-order chi connectivity index (χ1) is 7.65. The van der Waals surface area contributed by atoms with Crippen LogP contribution in [-0.2, 0) is 6.42 Å². The van der Waals surface area contributed by atoms with Crippen LogP contribution < -0.4 is 5.32 Å². The largest absolute Gasteiger partial charge is 0.314 e. The lowest BCUT2D eigenvalue weighted by molar-refractivity contribution is 0.506. The number of rotatable bonds is 6. The smallest absolute Gasteiger partial charge is 0.127 e. The van der Waals surface area contributed by atoms with Gasteiger partial charge in [0, 0.05) is 16.6 Å². The van der Waals surface area contributed by atoms with Gasteiger partial charge in [-0.2, -0.15) is 0 Å². The average molecular weight is 244 g/mol. The molecule has 0 amide bonds. The van der Waals surface area contributed by atoms with Crippen LogP contribution in [0.2, 0.25) is 5.02 Å². The van der Waals surface area contributed by atoms with Crippen LogP contribution in [-0.4, -0.2) is 12.6 Å². The summed E-state index contributed by atoms with van der Waals surface area (Å²) in [5, 5.41) is 3.91. The van der Waals surface area contributed by atoms with E-state index in [1.54, 1.807) is 12.1 Å². The van der Waals surface area contributed by atoms with Crippen molar-refractivity contribution in [3.63, 3.8) is 0 Å². The molecule has 0 aliphatic rings. The molecule has 1 nitrogen and oxygen atoms in total. The van der Waals surface area contributed by atoms with Gasteiger partial charge in [-0.05, 0) is 44.9 Å². The molecule has 1 unspecified atom stereocenters. The molecule has 16 heavy (non-hydrogen) atoms. The summed E-state index contributed by atoms with van der Waals surface area (Å²) in [7, 11) is 0. The first-order valence-corrected chi connectivity index (χ1v) is 6.19. The van der Waals surface area contributed by atoms with E-state index in [-0.39, 0.29) is 5.82 Å². The highest BCUT2D eigenvalue weighted by molar-refractivity contribution is 6.31. The molecule has 0 aliphatic heterocycles. The summed E-state index contributed by atoms with van der Waals surface area (Å²) >= 11 is 5.96. The Morgan fingerprint density at radius 3 is 2.81 bits per heavy atom. The number of hydrogen-bond donors (Lipinski definition) is 1. The van der Waals surface area contributed by atoms with Crippen LogP contribution in [0.5, 0.6) is 0 Å². The van der Waals surface area contributed by atoms with Crippen molar-refractivity contribution in [1.29, 1.82) is 0 Å². The molecule has 1 rings (SSSR count). The molecule has 1 N–H and O–H groups in total. The van der Waals surface area contributed by atoms with Gasteiger partial charge in [-0.3, -0.25) is 0 Å². The van der Waals surface area contributed by atoms with E-state index in [1.807, 2.05) is 0 Å². The van der Waals surface area contributed by atoms with E-state index in [0.29, 0.717) is 23.0 Å². The van der Waals surface area contributed by atoms with Crippen LogP contribution >= 0.6 is 11.6 Å². The molecule has 90 valence electrons. The molecule has 0 radical (unpaired) electrons. The zero-order valence-electron chi connectivity index (χ0n) is 9.89. The lowest BCUT2D eigenvalue weighted by Gasteiger charge is -2.13. The van der Waals surface area contributed by atoms with Gasteiger partial charge in [0.25, 0.3) is 0 Å². The summed E-state index contributed by atoms with van der Waals surface area (Å²) < 4.78 is 13.4. The van der Waals surface area contributed by atoms with Gasteiger partial charge in [0.1, 0.15) is 5.82 Å². The second-order valence-corrected chi connectivity index (χ2v) is 4.50. The molecule has 1 aromatic carbocycles. The van der Waals surface area contributed by atoms with Crippen molar-refractivity contribution in [3.8, 4) is 0 Å². The van der Waals surface area contributed by atoms with Gasteiger partial charge in [-0.25, -0.2) is 4.39 Å². The molecule has 0 saturated carbocycles. The standard InChI is InChI=1S/C13H19ClFN/c1-3-9-16-10(2)7-8-11-12(14)5-4-6-13(11)15/h4-6,10,16H,3,7-9H2,1-2H3. The fraction of sp³-hybridized carbons (Fsp3) is 0.538. The van der Waals surface area contributed by atoms with Gasteiger partial charge in [0.2, 0.25) is 0 Å². The van der Waals surface area contributed by atoms with Gasteiger partial charge < -0.3 is 5.32 Å². The van der Waals surface area contributed by atoms with E-state index in [2.05, 4.69) is 19.2 Å². The van der Waals surface area contributed by atoms with E-state index in [0.717, 1.165) is 19.4 Å². The molecule has 0 heterocycles. The van der Waals surface area contributed by atoms with Crippen LogP contribution in [0.4, 0.5) is 4.39 Å². The highest BCUT2D eigenvalue weighted by atomic mass is 35.5. The van der Waals surface area contributed by atoms with Gasteiger partial charge in [0.15, 0.2) is 0 Å². The lowest BCUT2D eigenvalue weighted by Crippen LogP contribution is -2.27. The van der Waals surface area contributed by atoms with E-state index in [9.17, 15) is 4.39 Å². The number of nitrogens with one attached hydrogen (secondary N) is 1. The summed E-state index contributed by atoms with van der Waals surface area (Å²) in [6.45, 7) is 5.25. The minimum absolute atomic E-state index is 0.199. The second-order valence-electron chi connectivity index (χ2n) is 4.09. The number of halogens is 2. The van der Waals surface area contributed by atoms with Crippen molar-refractivity contribution in [1.82, 2.24) is 5.32 Å². The number of benzene rings is 1. The highest BCUT2D eigenvalue weighted by Gasteiger charge is 2.08. The molecule has 0 bridgehead atoms. The summed E-state index contributed by atoms with van der Waals surface area (Å²) in [5.74, 6) is -0.199. The maximum atomic E-state index is 13.4. The zero-order chi connectivity index (χ0) is 12.0. The molecule has 0 fully saturated rings. The van der Waals surface area contributed by atoms with Gasteiger partial charge in [0.05, 0.1) is 0 Å². The Hall–Kier alpha value is -0.600. The fourth-order valence-electron chi connectivity index (χ4n) is 1.62. The molecule has 1 aromatic rings. The first-order valence-electron chi connectivity index (χ1n) is 5.81. The molecule has 0 spiro atoms. The van der Waals surface area contributed by atoms with Crippen LogP contribution in [0.15, 0.2) is 18.2 Å². The Balaban J connectivity index is 2.48. The summed E-state index contributed by atoms with van der Waals surface area (Å²) in [4.78, 5) is 0.